The van der Waals surface area contributed by atoms with Gasteiger partial charge < -0.3 is 0 Å². The number of carbonyl (C=O) groups excluding carboxylic acids is 1. The molecule has 0 aliphatic carbocycles. The number of hydrogen-bond donors (Lipinski definition) is 2. The molecule has 2 N–H and O–H groups in total. The molecule has 1 amide bonds. The summed E-state index contributed by atoms with van der Waals surface area (Å²) in [6.07, 6.45) is -1.36. The Balaban J connectivity index is 1.67. The van der Waals surface area contributed by atoms with Gasteiger partial charge in [0.25, 0.3) is 0 Å². The Morgan fingerprint density at radius 2 is 1.76 bits per heavy atom. The van der Waals surface area contributed by atoms with Crippen molar-refractivity contribution in [2.75, 3.05) is 11.9 Å². The Labute approximate surface area is 174 Å². The van der Waals surface area contributed by atoms with Gasteiger partial charge in [-0.05, 0) is 0 Å². The number of amides is 1. The molecule has 0 saturated heterocycles. The molecule has 0 spiro atoms. The van der Waals surface area contributed by atoms with Crippen LogP contribution in [-0.2, 0) is 17.3 Å². The van der Waals surface area contributed by atoms with E-state index in [1.165, 1.54) is 12.1 Å². The van der Waals surface area contributed by atoms with Crippen LogP contribution in [-0.4, -0.2) is 42.9 Å². The number of hydrogen-bond acceptors (Lipinski definition) is 5. The van der Waals surface area contributed by atoms with E-state index >= 15 is 0 Å². The number of alkyl carbamates (subject to hydrolysis) is 1. The monoisotopic (exact) mass is 478 g/mol. The standard InChI is InChI=1S/C19H25F3N4O2Se/c1-18(2,3)24-17(27)28-12-6-4-5-7-15-25-26-16(29-15)23-14-10-8-13(9-11-14)19(20,21)22/h8-11H,4-7,12H2,1-3H3,(H,23,26)(H,24,27). The van der Waals surface area contributed by atoms with Crippen molar-refractivity contribution in [3.05, 3.63) is 34.4 Å². The molecule has 0 bridgehead atoms. The third-order valence-corrected chi connectivity index (χ3v) is 5.56. The second-order valence-corrected chi connectivity index (χ2v) is 9.75. The molecule has 1 aromatic heterocycles. The zero-order valence-corrected chi connectivity index (χ0v) is 18.3. The molecule has 2 rings (SSSR count). The topological polar surface area (TPSA) is 76.1 Å². The third kappa shape index (κ3) is 8.87. The number of alkyl halides is 3. The van der Waals surface area contributed by atoms with E-state index in [-0.39, 0.29) is 20.0 Å². The summed E-state index contributed by atoms with van der Waals surface area (Å²) in [6, 6.07) is 4.84. The van der Waals surface area contributed by atoms with Crippen molar-refractivity contribution in [2.24, 2.45) is 0 Å². The fourth-order valence-electron chi connectivity index (χ4n) is 2.33. The van der Waals surface area contributed by atoms with Crippen LogP contribution in [0, 0.1) is 0 Å². The van der Waals surface area contributed by atoms with Gasteiger partial charge in [0.2, 0.25) is 0 Å². The zero-order valence-electron chi connectivity index (χ0n) is 16.6. The number of halogens is 3. The summed E-state index contributed by atoms with van der Waals surface area (Å²) in [5.74, 6) is 0. The van der Waals surface area contributed by atoms with Gasteiger partial charge in [0.1, 0.15) is 0 Å². The van der Waals surface area contributed by atoms with Crippen molar-refractivity contribution >= 4 is 31.0 Å². The summed E-state index contributed by atoms with van der Waals surface area (Å²) in [5, 5.41) is 14.0. The van der Waals surface area contributed by atoms with Gasteiger partial charge in [0.05, 0.1) is 0 Å². The van der Waals surface area contributed by atoms with Gasteiger partial charge in [0, 0.05) is 0 Å². The Kier molecular flexibility index (Phi) is 8.10. The minimum absolute atomic E-state index is 0.0637. The molecule has 0 aliphatic heterocycles. The molecule has 1 heterocycles. The summed E-state index contributed by atoms with van der Waals surface area (Å²) < 4.78 is 44.6. The van der Waals surface area contributed by atoms with E-state index in [0.29, 0.717) is 17.0 Å². The van der Waals surface area contributed by atoms with Crippen LogP contribution in [0.15, 0.2) is 24.3 Å². The van der Waals surface area contributed by atoms with Crippen LogP contribution in [0.25, 0.3) is 0 Å². The molecule has 0 unspecified atom stereocenters. The number of rotatable bonds is 8. The van der Waals surface area contributed by atoms with E-state index in [9.17, 15) is 18.0 Å². The minimum atomic E-state index is -4.34. The second-order valence-electron chi connectivity index (χ2n) is 7.52. The molecule has 0 atom stereocenters. The van der Waals surface area contributed by atoms with Crippen molar-refractivity contribution in [3.8, 4) is 0 Å². The third-order valence-electron chi connectivity index (χ3n) is 3.68. The molecule has 0 fully saturated rings. The average molecular weight is 477 g/mol. The quantitative estimate of drug-likeness (QED) is 0.432. The van der Waals surface area contributed by atoms with Crippen LogP contribution in [0.5, 0.6) is 0 Å². The molecular weight excluding hydrogens is 452 g/mol. The first-order valence-corrected chi connectivity index (χ1v) is 11.0. The van der Waals surface area contributed by atoms with Crippen molar-refractivity contribution < 1.29 is 22.7 Å². The van der Waals surface area contributed by atoms with Crippen molar-refractivity contribution in [1.82, 2.24) is 15.5 Å². The molecular formula is C19H25F3N4O2Se. The zero-order chi connectivity index (χ0) is 21.5. The Morgan fingerprint density at radius 3 is 2.38 bits per heavy atom. The first-order valence-electron chi connectivity index (χ1n) is 9.24. The first kappa shape index (κ1) is 23.2. The maximum absolute atomic E-state index is 12.6. The SMILES string of the molecule is CC(C)(C)NC(=O)OCCCCCc1nnc(Nc2ccc(C(F)(F)F)cc2)[se]1. The van der Waals surface area contributed by atoms with Gasteiger partial charge in [-0.25, -0.2) is 0 Å². The Morgan fingerprint density at radius 1 is 1.07 bits per heavy atom. The van der Waals surface area contributed by atoms with Gasteiger partial charge in [-0.2, -0.15) is 0 Å². The van der Waals surface area contributed by atoms with Crippen molar-refractivity contribution in [1.29, 1.82) is 0 Å². The molecule has 1 aromatic carbocycles. The number of unbranched alkanes of at least 4 members (excludes halogenated alkanes) is 2. The van der Waals surface area contributed by atoms with Gasteiger partial charge in [0.15, 0.2) is 0 Å². The summed E-state index contributed by atoms with van der Waals surface area (Å²) in [4.78, 5) is 11.5. The number of nitrogens with zero attached hydrogens (tertiary/aromatic N) is 2. The van der Waals surface area contributed by atoms with E-state index in [1.54, 1.807) is 0 Å². The van der Waals surface area contributed by atoms with Gasteiger partial charge >= 0.3 is 174 Å². The van der Waals surface area contributed by atoms with Crippen molar-refractivity contribution in [3.63, 3.8) is 0 Å². The number of aromatic nitrogens is 2. The van der Waals surface area contributed by atoms with Crippen LogP contribution in [0.3, 0.4) is 0 Å². The summed E-state index contributed by atoms with van der Waals surface area (Å²) in [5.41, 5.74) is -0.439. The first-order chi connectivity index (χ1) is 13.5. The molecule has 6 nitrogen and oxygen atoms in total. The van der Waals surface area contributed by atoms with Gasteiger partial charge in [-0.3, -0.25) is 0 Å². The molecule has 0 aliphatic rings. The van der Waals surface area contributed by atoms with Gasteiger partial charge in [-0.15, -0.1) is 0 Å². The Bertz CT molecular complexity index is 786. The number of ether oxygens (including phenoxy) is 1. The Hall–Kier alpha value is -2.06. The number of carbonyl (C=O) groups is 1. The number of aryl methyl sites for hydroxylation is 1. The maximum atomic E-state index is 12.6. The molecule has 0 radical (unpaired) electrons. The molecule has 2 aromatic rings. The van der Waals surface area contributed by atoms with E-state index in [2.05, 4.69) is 20.8 Å². The van der Waals surface area contributed by atoms with E-state index < -0.39 is 17.8 Å². The number of benzene rings is 1. The molecule has 160 valence electrons. The van der Waals surface area contributed by atoms with E-state index in [1.807, 2.05) is 20.8 Å². The van der Waals surface area contributed by atoms with Crippen molar-refractivity contribution in [2.45, 2.75) is 58.2 Å². The van der Waals surface area contributed by atoms with E-state index in [4.69, 9.17) is 4.74 Å². The number of anilines is 2. The van der Waals surface area contributed by atoms with Crippen LogP contribution in [0.1, 0.15) is 50.2 Å². The molecule has 0 saturated carbocycles. The average Bonchev–Trinajstić information content (AvgIpc) is 3.03. The fraction of sp³-hybridized carbons (Fsp3) is 0.526. The number of nitrogens with one attached hydrogen (secondary N) is 2. The summed E-state index contributed by atoms with van der Waals surface area (Å²) in [6.45, 7) is 6.04. The molecule has 29 heavy (non-hydrogen) atoms. The molecule has 10 heteroatoms. The van der Waals surface area contributed by atoms with Crippen LogP contribution in [0.2, 0.25) is 0 Å². The van der Waals surface area contributed by atoms with Crippen LogP contribution < -0.4 is 10.6 Å². The normalized spacial score (nSPS) is 11.9. The van der Waals surface area contributed by atoms with Crippen LogP contribution in [0.4, 0.5) is 28.3 Å². The predicted molar refractivity (Wildman–Crippen MR) is 105 cm³/mol. The van der Waals surface area contributed by atoms with Gasteiger partial charge in [-0.1, -0.05) is 0 Å². The predicted octanol–water partition coefficient (Wildman–Crippen LogP) is 4.53. The summed E-state index contributed by atoms with van der Waals surface area (Å²) in [7, 11) is 0. The fourth-order valence-corrected chi connectivity index (χ4v) is 4.02. The van der Waals surface area contributed by atoms with Crippen LogP contribution >= 0.6 is 0 Å². The second kappa shape index (κ2) is 10.1. The van der Waals surface area contributed by atoms with E-state index in [0.717, 1.165) is 42.4 Å². The summed E-state index contributed by atoms with van der Waals surface area (Å²) >= 11 is -0.0637.